The topological polar surface area (TPSA) is 56.4 Å². The number of aromatic hydroxyl groups is 1. The molecule has 1 aliphatic rings. The molecule has 0 saturated carbocycles. The number of benzene rings is 1. The Bertz CT molecular complexity index is 716. The van der Waals surface area contributed by atoms with E-state index >= 15 is 0 Å². The smallest absolute Gasteiger partial charge is 0.120 e. The molecule has 0 saturated heterocycles. The summed E-state index contributed by atoms with van der Waals surface area (Å²) in [5.41, 5.74) is 3.32. The minimum atomic E-state index is 0.0219. The van der Waals surface area contributed by atoms with Gasteiger partial charge >= 0.3 is 0 Å². The number of allylic oxidation sites excluding steroid dienone is 4. The van der Waals surface area contributed by atoms with Gasteiger partial charge in [0, 0.05) is 5.56 Å². The molecule has 0 unspecified atom stereocenters. The van der Waals surface area contributed by atoms with Crippen LogP contribution in [0.25, 0.3) is 0 Å². The van der Waals surface area contributed by atoms with E-state index in [1.54, 1.807) is 12.1 Å². The lowest BCUT2D eigenvalue weighted by Crippen LogP contribution is -2.24. The Morgan fingerprint density at radius 2 is 1.71 bits per heavy atom. The molecule has 24 heavy (non-hydrogen) atoms. The number of hydrogen-bond acceptors (Lipinski definition) is 3. The summed E-state index contributed by atoms with van der Waals surface area (Å²) in [4.78, 5) is 4.49. The van der Waals surface area contributed by atoms with Gasteiger partial charge < -0.3 is 5.11 Å². The average molecular weight is 324 g/mol. The van der Waals surface area contributed by atoms with E-state index in [0.29, 0.717) is 18.0 Å². The summed E-state index contributed by atoms with van der Waals surface area (Å²) in [5.74, 6) is 0.261. The first-order valence-corrected chi connectivity index (χ1v) is 8.39. The van der Waals surface area contributed by atoms with E-state index in [9.17, 15) is 5.11 Å². The second-order valence-corrected chi connectivity index (χ2v) is 8.30. The van der Waals surface area contributed by atoms with E-state index < -0.39 is 0 Å². The predicted octanol–water partition coefficient (Wildman–Crippen LogP) is 5.19. The first-order valence-electron chi connectivity index (χ1n) is 8.39. The van der Waals surface area contributed by atoms with Crippen LogP contribution in [-0.2, 0) is 12.0 Å². The molecule has 1 aromatic rings. The number of nitrogens with one attached hydrogen (secondary N) is 1. The maximum atomic E-state index is 10.2. The van der Waals surface area contributed by atoms with Crippen LogP contribution in [0.2, 0.25) is 0 Å². The normalized spacial score (nSPS) is 16.9. The van der Waals surface area contributed by atoms with E-state index in [1.165, 1.54) is 5.56 Å². The number of hydrogen-bond donors (Lipinski definition) is 2. The van der Waals surface area contributed by atoms with Gasteiger partial charge in [-0.15, -0.1) is 0 Å². The average Bonchev–Trinajstić information content (AvgIpc) is 2.45. The Kier molecular flexibility index (Phi) is 5.12. The lowest BCUT2D eigenvalue weighted by molar-refractivity contribution is 0.284. The van der Waals surface area contributed by atoms with Gasteiger partial charge in [0.1, 0.15) is 5.75 Å². The van der Waals surface area contributed by atoms with Gasteiger partial charge in [0.25, 0.3) is 0 Å². The Morgan fingerprint density at radius 1 is 1.04 bits per heavy atom. The van der Waals surface area contributed by atoms with Crippen LogP contribution in [0.4, 0.5) is 0 Å². The fourth-order valence-electron chi connectivity index (χ4n) is 3.34. The molecule has 0 atom stereocenters. The fourth-order valence-corrected chi connectivity index (χ4v) is 3.34. The summed E-state index contributed by atoms with van der Waals surface area (Å²) in [6, 6.07) is 5.82. The summed E-state index contributed by atoms with van der Waals surface area (Å²) in [5, 5.41) is 18.0. The molecule has 1 aromatic carbocycles. The Balaban J connectivity index is 2.26. The van der Waals surface area contributed by atoms with Gasteiger partial charge in [-0.1, -0.05) is 52.8 Å². The molecule has 3 nitrogen and oxygen atoms in total. The maximum Gasteiger partial charge on any atom is 0.120 e. The molecule has 128 valence electrons. The monoisotopic (exact) mass is 324 g/mol. The van der Waals surface area contributed by atoms with Crippen molar-refractivity contribution in [2.75, 3.05) is 0 Å². The first kappa shape index (κ1) is 18.2. The summed E-state index contributed by atoms with van der Waals surface area (Å²) in [6.45, 7) is 11.6. The van der Waals surface area contributed by atoms with Gasteiger partial charge in [0.05, 0.1) is 18.0 Å². The van der Waals surface area contributed by atoms with E-state index in [0.717, 1.165) is 12.0 Å². The third-order valence-corrected chi connectivity index (χ3v) is 4.16. The van der Waals surface area contributed by atoms with Crippen molar-refractivity contribution in [2.24, 2.45) is 10.4 Å². The SMILES string of the molecule is CC(C)(C)CC(C)(C)c1ccc(O)c(C/N=C2/C=CC=CC2=N)c1. The van der Waals surface area contributed by atoms with E-state index in [1.807, 2.05) is 24.3 Å². The second-order valence-electron chi connectivity index (χ2n) is 8.30. The van der Waals surface area contributed by atoms with Crippen LogP contribution in [0.5, 0.6) is 5.75 Å². The van der Waals surface area contributed by atoms with Crippen molar-refractivity contribution in [1.82, 2.24) is 0 Å². The lowest BCUT2D eigenvalue weighted by Gasteiger charge is -2.33. The third kappa shape index (κ3) is 4.67. The molecule has 2 N–H and O–H groups in total. The molecule has 0 spiro atoms. The fraction of sp³-hybridized carbons (Fsp3) is 0.429. The maximum absolute atomic E-state index is 10.2. The quantitative estimate of drug-likeness (QED) is 0.735. The zero-order valence-corrected chi connectivity index (χ0v) is 15.4. The van der Waals surface area contributed by atoms with Crippen molar-refractivity contribution in [3.05, 3.63) is 53.6 Å². The van der Waals surface area contributed by atoms with Crippen LogP contribution in [0.15, 0.2) is 47.5 Å². The Morgan fingerprint density at radius 3 is 2.33 bits per heavy atom. The molecule has 0 amide bonds. The molecule has 1 aliphatic carbocycles. The van der Waals surface area contributed by atoms with Gasteiger partial charge in [0.2, 0.25) is 0 Å². The summed E-state index contributed by atoms with van der Waals surface area (Å²) < 4.78 is 0. The molecule has 0 fully saturated rings. The van der Waals surface area contributed by atoms with Gasteiger partial charge in [-0.25, -0.2) is 0 Å². The Labute approximate surface area is 145 Å². The predicted molar refractivity (Wildman–Crippen MR) is 102 cm³/mol. The number of phenols is 1. The highest BCUT2D eigenvalue weighted by molar-refractivity contribution is 6.49. The Hall–Kier alpha value is -2.16. The molecule has 0 heterocycles. The van der Waals surface area contributed by atoms with Crippen molar-refractivity contribution in [1.29, 1.82) is 5.41 Å². The zero-order valence-electron chi connectivity index (χ0n) is 15.4. The summed E-state index contributed by atoms with van der Waals surface area (Å²) in [7, 11) is 0. The highest BCUT2D eigenvalue weighted by atomic mass is 16.3. The van der Waals surface area contributed by atoms with Crippen LogP contribution >= 0.6 is 0 Å². The lowest BCUT2D eigenvalue weighted by atomic mass is 9.72. The van der Waals surface area contributed by atoms with Gasteiger partial charge in [-0.05, 0) is 47.1 Å². The van der Waals surface area contributed by atoms with Crippen molar-refractivity contribution in [2.45, 2.75) is 53.0 Å². The summed E-state index contributed by atoms with van der Waals surface area (Å²) in [6.07, 6.45) is 8.30. The van der Waals surface area contributed by atoms with Gasteiger partial charge in [-0.2, -0.15) is 0 Å². The van der Waals surface area contributed by atoms with E-state index in [4.69, 9.17) is 5.41 Å². The van der Waals surface area contributed by atoms with Crippen molar-refractivity contribution >= 4 is 11.4 Å². The minimum absolute atomic E-state index is 0.0219. The van der Waals surface area contributed by atoms with Crippen LogP contribution in [-0.4, -0.2) is 16.5 Å². The van der Waals surface area contributed by atoms with Gasteiger partial charge in [-0.3, -0.25) is 10.4 Å². The first-order chi connectivity index (χ1) is 11.1. The third-order valence-electron chi connectivity index (χ3n) is 4.16. The minimum Gasteiger partial charge on any atom is -0.508 e. The van der Waals surface area contributed by atoms with Crippen molar-refractivity contribution in [3.63, 3.8) is 0 Å². The molecular formula is C21H28N2O. The molecular weight excluding hydrogens is 296 g/mol. The summed E-state index contributed by atoms with van der Waals surface area (Å²) >= 11 is 0. The number of phenolic OH excluding ortho intramolecular Hbond substituents is 1. The van der Waals surface area contributed by atoms with E-state index in [2.05, 4.69) is 45.7 Å². The van der Waals surface area contributed by atoms with Crippen molar-refractivity contribution in [3.8, 4) is 5.75 Å². The van der Waals surface area contributed by atoms with Crippen LogP contribution in [0.1, 0.15) is 52.2 Å². The molecule has 0 aromatic heterocycles. The van der Waals surface area contributed by atoms with Crippen LogP contribution in [0.3, 0.4) is 0 Å². The van der Waals surface area contributed by atoms with Crippen LogP contribution < -0.4 is 0 Å². The van der Waals surface area contributed by atoms with Gasteiger partial charge in [0.15, 0.2) is 0 Å². The largest absolute Gasteiger partial charge is 0.508 e. The molecule has 3 heteroatoms. The molecule has 0 aliphatic heterocycles. The highest BCUT2D eigenvalue weighted by Crippen LogP contribution is 2.37. The number of nitrogens with zero attached hydrogens (tertiary/aromatic N) is 1. The van der Waals surface area contributed by atoms with E-state index in [-0.39, 0.29) is 16.6 Å². The molecule has 2 rings (SSSR count). The molecule has 0 radical (unpaired) electrons. The number of aliphatic imine (C=N–C) groups is 1. The second kappa shape index (κ2) is 6.76. The highest BCUT2D eigenvalue weighted by Gasteiger charge is 2.27. The van der Waals surface area contributed by atoms with Crippen molar-refractivity contribution < 1.29 is 5.11 Å². The zero-order chi connectivity index (χ0) is 18.0. The standard InChI is InChI=1S/C21H28N2O/c1-20(2,3)14-21(4,5)16-10-11-19(24)15(12-16)13-23-18-9-7-6-8-17(18)22/h6-12,22,24H,13-14H2,1-5H3/b22-17?,23-18-. The number of rotatable bonds is 4. The molecule has 0 bridgehead atoms. The van der Waals surface area contributed by atoms with Crippen LogP contribution in [0, 0.1) is 10.8 Å².